The average molecular weight is 211 g/mol. The minimum absolute atomic E-state index is 0.373. The van der Waals surface area contributed by atoms with Crippen LogP contribution >= 0.6 is 0 Å². The van der Waals surface area contributed by atoms with E-state index in [0.29, 0.717) is 5.69 Å². The highest BCUT2D eigenvalue weighted by Gasteiger charge is 2.08. The Morgan fingerprint density at radius 3 is 2.64 bits per heavy atom. The Bertz CT molecular complexity index is 523. The van der Waals surface area contributed by atoms with Crippen molar-refractivity contribution in [3.8, 4) is 0 Å². The molecular weight excluding hydrogens is 202 g/mol. The highest BCUT2D eigenvalue weighted by atomic mass is 32.2. The summed E-state index contributed by atoms with van der Waals surface area (Å²) in [6.45, 7) is 0. The number of hydrogen-bond donors (Lipinski definition) is 2. The maximum absolute atomic E-state index is 10.6. The molecular formula is C9H9NO3S. The van der Waals surface area contributed by atoms with E-state index in [9.17, 15) is 8.42 Å². The number of H-pyrrole nitrogens is 1. The molecule has 1 aromatic carbocycles. The molecule has 2 N–H and O–H groups in total. The predicted molar refractivity (Wildman–Crippen MR) is 53.6 cm³/mol. The van der Waals surface area contributed by atoms with Crippen LogP contribution in [0.25, 0.3) is 10.9 Å². The summed E-state index contributed by atoms with van der Waals surface area (Å²) in [7, 11) is -3.96. The average Bonchev–Trinajstić information content (AvgIpc) is 2.42. The molecule has 4 nitrogen and oxygen atoms in total. The Labute approximate surface area is 81.3 Å². The Hall–Kier alpha value is -1.33. The van der Waals surface area contributed by atoms with E-state index in [2.05, 4.69) is 4.98 Å². The lowest BCUT2D eigenvalue weighted by atomic mass is 10.2. The van der Waals surface area contributed by atoms with E-state index in [1.807, 2.05) is 24.3 Å². The van der Waals surface area contributed by atoms with Gasteiger partial charge >= 0.3 is 0 Å². The highest BCUT2D eigenvalue weighted by molar-refractivity contribution is 7.85. The van der Waals surface area contributed by atoms with Gasteiger partial charge in [-0.3, -0.25) is 4.55 Å². The molecule has 0 unspecified atom stereocenters. The summed E-state index contributed by atoms with van der Waals surface area (Å²) in [4.78, 5) is 2.91. The first-order valence-corrected chi connectivity index (χ1v) is 5.67. The summed E-state index contributed by atoms with van der Waals surface area (Å²) < 4.78 is 29.9. The summed E-state index contributed by atoms with van der Waals surface area (Å²) in [6, 6.07) is 9.16. The van der Waals surface area contributed by atoms with Gasteiger partial charge in [-0.25, -0.2) is 0 Å². The normalized spacial score (nSPS) is 12.1. The first kappa shape index (κ1) is 9.23. The monoisotopic (exact) mass is 211 g/mol. The fourth-order valence-corrected chi connectivity index (χ4v) is 1.96. The van der Waals surface area contributed by atoms with Crippen molar-refractivity contribution in [3.05, 3.63) is 36.0 Å². The van der Waals surface area contributed by atoms with Gasteiger partial charge in [0.05, 0.1) is 0 Å². The van der Waals surface area contributed by atoms with Gasteiger partial charge in [-0.2, -0.15) is 8.42 Å². The molecule has 0 spiro atoms. The molecule has 0 aliphatic heterocycles. The summed E-state index contributed by atoms with van der Waals surface area (Å²) in [5.41, 5.74) is 1.36. The van der Waals surface area contributed by atoms with E-state index in [0.717, 1.165) is 10.9 Å². The Morgan fingerprint density at radius 2 is 2.00 bits per heavy atom. The van der Waals surface area contributed by atoms with E-state index < -0.39 is 10.1 Å². The van der Waals surface area contributed by atoms with E-state index in [-0.39, 0.29) is 5.75 Å². The van der Waals surface area contributed by atoms with Gasteiger partial charge < -0.3 is 4.98 Å². The number of benzene rings is 1. The van der Waals surface area contributed by atoms with Crippen molar-refractivity contribution >= 4 is 21.0 Å². The molecule has 0 aliphatic carbocycles. The van der Waals surface area contributed by atoms with Crippen molar-refractivity contribution in [1.29, 1.82) is 0 Å². The number of fused-ring (bicyclic) bond motifs is 1. The second kappa shape index (κ2) is 3.11. The van der Waals surface area contributed by atoms with Gasteiger partial charge in [0.1, 0.15) is 5.75 Å². The van der Waals surface area contributed by atoms with Crippen LogP contribution in [0.4, 0.5) is 0 Å². The summed E-state index contributed by atoms with van der Waals surface area (Å²) >= 11 is 0. The summed E-state index contributed by atoms with van der Waals surface area (Å²) in [6.07, 6.45) is 0. The minimum Gasteiger partial charge on any atom is -0.357 e. The van der Waals surface area contributed by atoms with Gasteiger partial charge in [0.15, 0.2) is 0 Å². The van der Waals surface area contributed by atoms with Crippen molar-refractivity contribution < 1.29 is 13.0 Å². The predicted octanol–water partition coefficient (Wildman–Crippen LogP) is 1.56. The topological polar surface area (TPSA) is 70.2 Å². The Kier molecular flexibility index (Phi) is 2.05. The molecule has 0 bridgehead atoms. The van der Waals surface area contributed by atoms with Gasteiger partial charge in [-0.15, -0.1) is 0 Å². The molecule has 0 radical (unpaired) electrons. The molecule has 1 heterocycles. The summed E-state index contributed by atoms with van der Waals surface area (Å²) in [5, 5.41) is 0.936. The molecule has 14 heavy (non-hydrogen) atoms. The van der Waals surface area contributed by atoms with Crippen LogP contribution in [0.3, 0.4) is 0 Å². The van der Waals surface area contributed by atoms with Crippen LogP contribution in [0.2, 0.25) is 0 Å². The van der Waals surface area contributed by atoms with Crippen molar-refractivity contribution in [2.24, 2.45) is 0 Å². The Morgan fingerprint density at radius 1 is 1.29 bits per heavy atom. The van der Waals surface area contributed by atoms with Gasteiger partial charge in [-0.05, 0) is 17.5 Å². The van der Waals surface area contributed by atoms with Gasteiger partial charge in [0, 0.05) is 11.2 Å². The van der Waals surface area contributed by atoms with Crippen LogP contribution in [0.5, 0.6) is 0 Å². The van der Waals surface area contributed by atoms with Crippen LogP contribution in [0.1, 0.15) is 5.69 Å². The Balaban J connectivity index is 2.46. The zero-order valence-electron chi connectivity index (χ0n) is 7.27. The zero-order valence-corrected chi connectivity index (χ0v) is 8.08. The SMILES string of the molecule is O=S(=O)(O)Cc1cc2ccccc2[nH]1. The molecule has 0 saturated heterocycles. The first-order valence-electron chi connectivity index (χ1n) is 4.06. The smallest absolute Gasteiger partial charge is 0.270 e. The van der Waals surface area contributed by atoms with Crippen molar-refractivity contribution in [2.75, 3.05) is 0 Å². The molecule has 0 fully saturated rings. The lowest BCUT2D eigenvalue weighted by molar-refractivity contribution is 0.481. The number of hydrogen-bond acceptors (Lipinski definition) is 2. The number of para-hydroxylation sites is 1. The third-order valence-corrected chi connectivity index (χ3v) is 2.60. The van der Waals surface area contributed by atoms with E-state index >= 15 is 0 Å². The first-order chi connectivity index (χ1) is 6.54. The highest BCUT2D eigenvalue weighted by Crippen LogP contribution is 2.15. The molecule has 5 heteroatoms. The van der Waals surface area contributed by atoms with Crippen LogP contribution in [-0.2, 0) is 15.9 Å². The molecule has 2 aromatic rings. The zero-order chi connectivity index (χ0) is 10.2. The maximum atomic E-state index is 10.6. The fourth-order valence-electron chi connectivity index (χ4n) is 1.41. The van der Waals surface area contributed by atoms with Crippen molar-refractivity contribution in [2.45, 2.75) is 5.75 Å². The molecule has 1 aromatic heterocycles. The van der Waals surface area contributed by atoms with Crippen LogP contribution < -0.4 is 0 Å². The quantitative estimate of drug-likeness (QED) is 0.740. The maximum Gasteiger partial charge on any atom is 0.270 e. The second-order valence-corrected chi connectivity index (χ2v) is 4.56. The standard InChI is InChI=1S/C9H9NO3S/c11-14(12,13)6-8-5-7-3-1-2-4-9(7)10-8/h1-5,10H,6H2,(H,11,12,13). The third kappa shape index (κ3) is 1.94. The minimum atomic E-state index is -3.96. The van der Waals surface area contributed by atoms with Crippen molar-refractivity contribution in [3.63, 3.8) is 0 Å². The molecule has 0 saturated carbocycles. The fraction of sp³-hybridized carbons (Fsp3) is 0.111. The number of nitrogens with one attached hydrogen (secondary N) is 1. The summed E-state index contributed by atoms with van der Waals surface area (Å²) in [5.74, 6) is -0.373. The largest absolute Gasteiger partial charge is 0.357 e. The molecule has 0 amide bonds. The van der Waals surface area contributed by atoms with Gasteiger partial charge in [-0.1, -0.05) is 18.2 Å². The molecule has 0 aliphatic rings. The third-order valence-electron chi connectivity index (χ3n) is 1.92. The van der Waals surface area contributed by atoms with Crippen LogP contribution in [0, 0.1) is 0 Å². The van der Waals surface area contributed by atoms with E-state index in [1.165, 1.54) is 0 Å². The van der Waals surface area contributed by atoms with E-state index in [4.69, 9.17) is 4.55 Å². The number of aromatic amines is 1. The van der Waals surface area contributed by atoms with Gasteiger partial charge in [0.25, 0.3) is 10.1 Å². The van der Waals surface area contributed by atoms with Crippen molar-refractivity contribution in [1.82, 2.24) is 4.98 Å². The van der Waals surface area contributed by atoms with Crippen LogP contribution in [-0.4, -0.2) is 18.0 Å². The lowest BCUT2D eigenvalue weighted by Gasteiger charge is -1.91. The molecule has 0 atom stereocenters. The lowest BCUT2D eigenvalue weighted by Crippen LogP contribution is -2.01. The number of rotatable bonds is 2. The van der Waals surface area contributed by atoms with Crippen LogP contribution in [0.15, 0.2) is 30.3 Å². The number of aromatic nitrogens is 1. The van der Waals surface area contributed by atoms with E-state index in [1.54, 1.807) is 6.07 Å². The second-order valence-electron chi connectivity index (χ2n) is 3.11. The molecule has 2 rings (SSSR count). The molecule has 74 valence electrons. The van der Waals surface area contributed by atoms with Gasteiger partial charge in [0.2, 0.25) is 0 Å².